The van der Waals surface area contributed by atoms with Crippen molar-refractivity contribution in [1.82, 2.24) is 20.1 Å². The molecule has 0 saturated carbocycles. The third kappa shape index (κ3) is 8.79. The minimum Gasteiger partial charge on any atom is -0.457 e. The van der Waals surface area contributed by atoms with E-state index in [-0.39, 0.29) is 23.8 Å². The third-order valence-electron chi connectivity index (χ3n) is 8.26. The lowest BCUT2D eigenvalue weighted by Gasteiger charge is -2.32. The van der Waals surface area contributed by atoms with Crippen LogP contribution in [0.25, 0.3) is 0 Å². The van der Waals surface area contributed by atoms with E-state index in [1.54, 1.807) is 30.3 Å². The van der Waals surface area contributed by atoms with Gasteiger partial charge >= 0.3 is 0 Å². The topological polar surface area (TPSA) is 122 Å². The Kier molecular flexibility index (Phi) is 10.7. The molecule has 45 heavy (non-hydrogen) atoms. The van der Waals surface area contributed by atoms with Gasteiger partial charge in [-0.3, -0.25) is 30.3 Å². The molecule has 3 N–H and O–H groups in total. The van der Waals surface area contributed by atoms with E-state index in [1.807, 2.05) is 55.4 Å². The van der Waals surface area contributed by atoms with E-state index in [4.69, 9.17) is 15.6 Å². The molecule has 3 heterocycles. The molecule has 0 aliphatic carbocycles. The summed E-state index contributed by atoms with van der Waals surface area (Å²) in [5.74, 6) is 1.45. The SMILES string of the molecule is CC(C)C(=N)SC(=N)c1ccc(Oc2cc(C(=O)NC3CCN(Cc4ccncc4)CC3)ccc2CN2C[C@@H](C)CC2=O)cc1. The number of carbonyl (C=O) groups excluding carboxylic acids is 2. The summed E-state index contributed by atoms with van der Waals surface area (Å²) >= 11 is 1.15. The predicted octanol–water partition coefficient (Wildman–Crippen LogP) is 6.33. The van der Waals surface area contributed by atoms with Crippen LogP contribution in [-0.2, 0) is 17.9 Å². The summed E-state index contributed by atoms with van der Waals surface area (Å²) in [6.45, 7) is 9.76. The zero-order valence-electron chi connectivity index (χ0n) is 26.2. The molecule has 10 heteroatoms. The number of amides is 2. The Morgan fingerprint density at radius 1 is 1.02 bits per heavy atom. The van der Waals surface area contributed by atoms with Crippen LogP contribution in [0.1, 0.15) is 67.1 Å². The van der Waals surface area contributed by atoms with Gasteiger partial charge in [-0.25, -0.2) is 0 Å². The first kappa shape index (κ1) is 32.4. The quantitative estimate of drug-likeness (QED) is 0.179. The molecular weight excluding hydrogens is 584 g/mol. The summed E-state index contributed by atoms with van der Waals surface area (Å²) in [7, 11) is 0. The molecule has 9 nitrogen and oxygen atoms in total. The van der Waals surface area contributed by atoms with Crippen LogP contribution in [0, 0.1) is 22.7 Å². The summed E-state index contributed by atoms with van der Waals surface area (Å²) in [4.78, 5) is 34.3. The highest BCUT2D eigenvalue weighted by Gasteiger charge is 2.28. The van der Waals surface area contributed by atoms with E-state index in [0.29, 0.717) is 58.1 Å². The lowest BCUT2D eigenvalue weighted by atomic mass is 10.0. The maximum Gasteiger partial charge on any atom is 0.251 e. The molecule has 5 rings (SSSR count). The van der Waals surface area contributed by atoms with E-state index in [2.05, 4.69) is 22.1 Å². The smallest absolute Gasteiger partial charge is 0.251 e. The largest absolute Gasteiger partial charge is 0.457 e. The molecule has 236 valence electrons. The van der Waals surface area contributed by atoms with Crippen molar-refractivity contribution in [2.75, 3.05) is 19.6 Å². The molecule has 0 spiro atoms. The third-order valence-corrected chi connectivity index (χ3v) is 9.39. The van der Waals surface area contributed by atoms with Crippen molar-refractivity contribution < 1.29 is 14.3 Å². The number of hydrogen-bond acceptors (Lipinski definition) is 8. The highest BCUT2D eigenvalue weighted by atomic mass is 32.2. The van der Waals surface area contributed by atoms with Crippen LogP contribution in [0.4, 0.5) is 0 Å². The first-order chi connectivity index (χ1) is 21.6. The number of aromatic nitrogens is 1. The highest BCUT2D eigenvalue weighted by molar-refractivity contribution is 8.26. The van der Waals surface area contributed by atoms with Crippen molar-refractivity contribution in [3.8, 4) is 11.5 Å². The maximum atomic E-state index is 13.4. The van der Waals surface area contributed by atoms with Crippen molar-refractivity contribution in [3.05, 3.63) is 89.2 Å². The summed E-state index contributed by atoms with van der Waals surface area (Å²) < 4.78 is 6.34. The number of rotatable bonds is 10. The van der Waals surface area contributed by atoms with Crippen LogP contribution in [0.2, 0.25) is 0 Å². The number of carbonyl (C=O) groups is 2. The highest BCUT2D eigenvalue weighted by Crippen LogP contribution is 2.31. The number of nitrogens with zero attached hydrogens (tertiary/aromatic N) is 3. The Bertz CT molecular complexity index is 1520. The molecule has 3 aromatic rings. The molecular formula is C35H42N6O3S. The number of piperidine rings is 1. The Balaban J connectivity index is 1.27. The second-order valence-corrected chi connectivity index (χ2v) is 13.4. The van der Waals surface area contributed by atoms with Crippen molar-refractivity contribution in [2.24, 2.45) is 11.8 Å². The molecule has 2 aliphatic rings. The van der Waals surface area contributed by atoms with Crippen LogP contribution in [0.5, 0.6) is 11.5 Å². The number of thioether (sulfide) groups is 1. The molecule has 2 aliphatic heterocycles. The summed E-state index contributed by atoms with van der Waals surface area (Å²) in [6, 6.07) is 16.8. The van der Waals surface area contributed by atoms with Crippen molar-refractivity contribution in [1.29, 1.82) is 10.8 Å². The minimum atomic E-state index is -0.140. The van der Waals surface area contributed by atoms with Gasteiger partial charge < -0.3 is 15.0 Å². The van der Waals surface area contributed by atoms with Crippen molar-refractivity contribution >= 4 is 33.7 Å². The van der Waals surface area contributed by atoms with Gasteiger partial charge in [-0.05, 0) is 72.9 Å². The predicted molar refractivity (Wildman–Crippen MR) is 179 cm³/mol. The second kappa shape index (κ2) is 14.8. The fourth-order valence-corrected chi connectivity index (χ4v) is 6.30. The van der Waals surface area contributed by atoms with E-state index in [1.165, 1.54) is 5.56 Å². The van der Waals surface area contributed by atoms with Gasteiger partial charge in [-0.2, -0.15) is 0 Å². The Morgan fingerprint density at radius 2 is 1.71 bits per heavy atom. The van der Waals surface area contributed by atoms with Crippen LogP contribution < -0.4 is 10.1 Å². The summed E-state index contributed by atoms with van der Waals surface area (Å²) in [5.41, 5.74) is 3.28. The number of nitrogens with one attached hydrogen (secondary N) is 3. The van der Waals surface area contributed by atoms with Gasteiger partial charge in [0.15, 0.2) is 0 Å². The molecule has 2 fully saturated rings. The number of ether oxygens (including phenoxy) is 1. The fraction of sp³-hybridized carbons (Fsp3) is 0.400. The average molecular weight is 627 g/mol. The zero-order valence-corrected chi connectivity index (χ0v) is 27.0. The molecule has 1 atom stereocenters. The van der Waals surface area contributed by atoms with Gasteiger partial charge in [0.1, 0.15) is 16.5 Å². The van der Waals surface area contributed by atoms with E-state index >= 15 is 0 Å². The normalized spacial score (nSPS) is 17.5. The van der Waals surface area contributed by atoms with E-state index < -0.39 is 0 Å². The molecule has 2 aromatic carbocycles. The van der Waals surface area contributed by atoms with Crippen LogP contribution >= 0.6 is 11.8 Å². The Morgan fingerprint density at radius 3 is 2.36 bits per heavy atom. The first-order valence-electron chi connectivity index (χ1n) is 15.6. The van der Waals surface area contributed by atoms with Gasteiger partial charge in [0.25, 0.3) is 5.91 Å². The Labute approximate surface area is 269 Å². The zero-order chi connectivity index (χ0) is 31.9. The maximum absolute atomic E-state index is 13.4. The van der Waals surface area contributed by atoms with Crippen LogP contribution in [0.3, 0.4) is 0 Å². The standard InChI is InChI=1S/C35H42N6O3S/c1-23(2)33(36)45-34(37)26-6-8-30(9-7-26)44-31-19-27(4-5-28(31)22-41-20-24(3)18-32(41)42)35(43)39-29-12-16-40(17-13-29)21-25-10-14-38-15-11-25/h4-11,14-15,19,23-24,29,36-37H,12-13,16-18,20-22H2,1-3H3,(H,39,43)/t24-/m0/s1. The molecule has 2 saturated heterocycles. The average Bonchev–Trinajstić information content (AvgIpc) is 3.35. The van der Waals surface area contributed by atoms with E-state index in [0.717, 1.165) is 49.8 Å². The first-order valence-corrected chi connectivity index (χ1v) is 16.4. The lowest BCUT2D eigenvalue weighted by Crippen LogP contribution is -2.44. The van der Waals surface area contributed by atoms with Gasteiger partial charge in [0.2, 0.25) is 5.91 Å². The molecule has 0 unspecified atom stereocenters. The second-order valence-electron chi connectivity index (χ2n) is 12.4. The summed E-state index contributed by atoms with van der Waals surface area (Å²) in [5, 5.41) is 20.4. The fourth-order valence-electron chi connectivity index (χ4n) is 5.59. The monoisotopic (exact) mass is 626 g/mol. The van der Waals surface area contributed by atoms with Gasteiger partial charge in [-0.1, -0.05) is 38.6 Å². The van der Waals surface area contributed by atoms with Gasteiger partial charge in [0, 0.05) is 80.2 Å². The summed E-state index contributed by atoms with van der Waals surface area (Å²) in [6.07, 6.45) is 5.93. The van der Waals surface area contributed by atoms with Crippen molar-refractivity contribution in [3.63, 3.8) is 0 Å². The van der Waals surface area contributed by atoms with Gasteiger partial charge in [-0.15, -0.1) is 0 Å². The molecule has 1 aromatic heterocycles. The lowest BCUT2D eigenvalue weighted by molar-refractivity contribution is -0.128. The number of likely N-dealkylation sites (tertiary alicyclic amines) is 2. The van der Waals surface area contributed by atoms with Gasteiger partial charge in [0.05, 0.1) is 5.04 Å². The number of hydrogen-bond donors (Lipinski definition) is 3. The molecule has 0 bridgehead atoms. The van der Waals surface area contributed by atoms with Crippen LogP contribution in [-0.4, -0.2) is 62.4 Å². The number of pyridine rings is 1. The Hall–Kier alpha value is -4.02. The van der Waals surface area contributed by atoms with Crippen molar-refractivity contribution in [2.45, 2.75) is 59.2 Å². The number of benzene rings is 2. The minimum absolute atomic E-state index is 0.0664. The van der Waals surface area contributed by atoms with Crippen LogP contribution in [0.15, 0.2) is 67.0 Å². The van der Waals surface area contributed by atoms with E-state index in [9.17, 15) is 9.59 Å². The molecule has 0 radical (unpaired) electrons. The molecule has 2 amide bonds.